The molecule has 2 heterocycles. The summed E-state index contributed by atoms with van der Waals surface area (Å²) in [6.45, 7) is 0. The standard InChI is InChI=1S/C14H10N2O/c15-6-5-10-3-4-13-12(8-10)9-11-2-1-7-16-14(11)17-13/h1-4,7-8H,5,9H2. The molecule has 82 valence electrons. The Bertz CT molecular complexity index is 614. The normalized spacial score (nSPS) is 11.9. The number of nitrogens with zero attached hydrogens (tertiary/aromatic N) is 2. The van der Waals surface area contributed by atoms with Gasteiger partial charge in [0.25, 0.3) is 0 Å². The first-order valence-corrected chi connectivity index (χ1v) is 5.47. The molecule has 2 aromatic rings. The molecule has 0 N–H and O–H groups in total. The van der Waals surface area contributed by atoms with Crippen LogP contribution < -0.4 is 4.74 Å². The Labute approximate surface area is 99.3 Å². The van der Waals surface area contributed by atoms with E-state index in [1.54, 1.807) is 6.20 Å². The predicted molar refractivity (Wildman–Crippen MR) is 62.9 cm³/mol. The van der Waals surface area contributed by atoms with Gasteiger partial charge in [0.2, 0.25) is 5.88 Å². The van der Waals surface area contributed by atoms with Gasteiger partial charge in [0.1, 0.15) is 5.75 Å². The molecule has 1 aliphatic rings. The lowest BCUT2D eigenvalue weighted by Crippen LogP contribution is -2.04. The largest absolute Gasteiger partial charge is 0.438 e. The van der Waals surface area contributed by atoms with Crippen LogP contribution in [0.2, 0.25) is 0 Å². The van der Waals surface area contributed by atoms with Gasteiger partial charge < -0.3 is 4.74 Å². The van der Waals surface area contributed by atoms with Gasteiger partial charge in [-0.25, -0.2) is 4.98 Å². The van der Waals surface area contributed by atoms with Gasteiger partial charge in [-0.3, -0.25) is 0 Å². The highest BCUT2D eigenvalue weighted by molar-refractivity contribution is 5.48. The first-order chi connectivity index (χ1) is 8.36. The molecule has 0 bridgehead atoms. The quantitative estimate of drug-likeness (QED) is 0.636. The fourth-order valence-corrected chi connectivity index (χ4v) is 2.03. The molecule has 3 heteroatoms. The number of ether oxygens (including phenoxy) is 1. The van der Waals surface area contributed by atoms with E-state index in [0.717, 1.165) is 28.9 Å². The van der Waals surface area contributed by atoms with E-state index in [9.17, 15) is 0 Å². The van der Waals surface area contributed by atoms with Crippen LogP contribution in [-0.2, 0) is 12.8 Å². The second kappa shape index (κ2) is 3.91. The maximum Gasteiger partial charge on any atom is 0.222 e. The summed E-state index contributed by atoms with van der Waals surface area (Å²) in [7, 11) is 0. The highest BCUT2D eigenvalue weighted by Gasteiger charge is 2.17. The van der Waals surface area contributed by atoms with E-state index in [2.05, 4.69) is 11.1 Å². The van der Waals surface area contributed by atoms with Crippen molar-refractivity contribution in [3.05, 3.63) is 53.2 Å². The minimum Gasteiger partial charge on any atom is -0.438 e. The minimum absolute atomic E-state index is 0.438. The Morgan fingerprint density at radius 2 is 2.24 bits per heavy atom. The molecular formula is C14H10N2O. The molecule has 1 aromatic carbocycles. The number of benzene rings is 1. The zero-order chi connectivity index (χ0) is 11.7. The third-order valence-corrected chi connectivity index (χ3v) is 2.85. The maximum absolute atomic E-state index is 8.69. The fraction of sp³-hybridized carbons (Fsp3) is 0.143. The van der Waals surface area contributed by atoms with Crippen LogP contribution in [0.4, 0.5) is 0 Å². The van der Waals surface area contributed by atoms with Crippen LogP contribution in [0.3, 0.4) is 0 Å². The van der Waals surface area contributed by atoms with Gasteiger partial charge in [-0.2, -0.15) is 5.26 Å². The summed E-state index contributed by atoms with van der Waals surface area (Å²) in [5.41, 5.74) is 3.24. The van der Waals surface area contributed by atoms with Crippen LogP contribution in [0.1, 0.15) is 16.7 Å². The molecule has 0 saturated heterocycles. The number of nitriles is 1. The average Bonchev–Trinajstić information content (AvgIpc) is 2.36. The van der Waals surface area contributed by atoms with Gasteiger partial charge in [-0.15, -0.1) is 0 Å². The topological polar surface area (TPSA) is 45.9 Å². The summed E-state index contributed by atoms with van der Waals surface area (Å²) in [5, 5.41) is 8.69. The molecule has 1 aliphatic heterocycles. The molecule has 1 aromatic heterocycles. The maximum atomic E-state index is 8.69. The zero-order valence-corrected chi connectivity index (χ0v) is 9.18. The molecule has 3 nitrogen and oxygen atoms in total. The van der Waals surface area contributed by atoms with Crippen LogP contribution >= 0.6 is 0 Å². The molecule has 0 amide bonds. The Morgan fingerprint density at radius 3 is 3.12 bits per heavy atom. The predicted octanol–water partition coefficient (Wildman–Crippen LogP) is 2.84. The van der Waals surface area contributed by atoms with E-state index < -0.39 is 0 Å². The van der Waals surface area contributed by atoms with E-state index in [1.165, 1.54) is 0 Å². The first kappa shape index (κ1) is 9.86. The molecule has 3 rings (SSSR count). The van der Waals surface area contributed by atoms with Crippen molar-refractivity contribution in [3.63, 3.8) is 0 Å². The van der Waals surface area contributed by atoms with Crippen molar-refractivity contribution in [1.29, 1.82) is 5.26 Å². The number of hydrogen-bond acceptors (Lipinski definition) is 3. The van der Waals surface area contributed by atoms with Crippen molar-refractivity contribution in [2.75, 3.05) is 0 Å². The van der Waals surface area contributed by atoms with Crippen LogP contribution in [0.5, 0.6) is 11.6 Å². The molecule has 17 heavy (non-hydrogen) atoms. The van der Waals surface area contributed by atoms with E-state index in [1.807, 2.05) is 30.3 Å². The number of hydrogen-bond donors (Lipinski definition) is 0. The number of rotatable bonds is 1. The molecule has 0 saturated carbocycles. The zero-order valence-electron chi connectivity index (χ0n) is 9.18. The SMILES string of the molecule is N#CCc1ccc2c(c1)Cc1cccnc1O2. The summed E-state index contributed by atoms with van der Waals surface area (Å²) < 4.78 is 5.72. The first-order valence-electron chi connectivity index (χ1n) is 5.47. The molecule has 0 spiro atoms. The highest BCUT2D eigenvalue weighted by Crippen LogP contribution is 2.35. The highest BCUT2D eigenvalue weighted by atomic mass is 16.5. The molecule has 0 aliphatic carbocycles. The van der Waals surface area contributed by atoms with Crippen molar-refractivity contribution in [1.82, 2.24) is 4.98 Å². The van der Waals surface area contributed by atoms with E-state index in [-0.39, 0.29) is 0 Å². The third kappa shape index (κ3) is 1.74. The van der Waals surface area contributed by atoms with Gasteiger partial charge in [0, 0.05) is 18.2 Å². The van der Waals surface area contributed by atoms with Crippen molar-refractivity contribution in [2.45, 2.75) is 12.8 Å². The van der Waals surface area contributed by atoms with Gasteiger partial charge in [-0.05, 0) is 23.3 Å². The smallest absolute Gasteiger partial charge is 0.222 e. The summed E-state index contributed by atoms with van der Waals surface area (Å²) in [4.78, 5) is 4.20. The second-order valence-corrected chi connectivity index (χ2v) is 4.02. The van der Waals surface area contributed by atoms with Gasteiger partial charge in [0.15, 0.2) is 0 Å². The Kier molecular flexibility index (Phi) is 2.27. The number of pyridine rings is 1. The van der Waals surface area contributed by atoms with Crippen molar-refractivity contribution in [3.8, 4) is 17.7 Å². The second-order valence-electron chi connectivity index (χ2n) is 4.02. The molecule has 0 radical (unpaired) electrons. The lowest BCUT2D eigenvalue weighted by molar-refractivity contribution is 0.440. The van der Waals surface area contributed by atoms with Crippen molar-refractivity contribution in [2.24, 2.45) is 0 Å². The minimum atomic E-state index is 0.438. The lowest BCUT2D eigenvalue weighted by Gasteiger charge is -2.19. The summed E-state index contributed by atoms with van der Waals surface area (Å²) in [6.07, 6.45) is 2.98. The monoisotopic (exact) mass is 222 g/mol. The molecular weight excluding hydrogens is 212 g/mol. The van der Waals surface area contributed by atoms with Gasteiger partial charge in [-0.1, -0.05) is 18.2 Å². The Balaban J connectivity index is 2.01. The van der Waals surface area contributed by atoms with E-state index >= 15 is 0 Å². The van der Waals surface area contributed by atoms with Crippen LogP contribution in [-0.4, -0.2) is 4.98 Å². The average molecular weight is 222 g/mol. The molecule has 0 unspecified atom stereocenters. The third-order valence-electron chi connectivity index (χ3n) is 2.85. The van der Waals surface area contributed by atoms with Crippen LogP contribution in [0.25, 0.3) is 0 Å². The number of aromatic nitrogens is 1. The van der Waals surface area contributed by atoms with Crippen LogP contribution in [0.15, 0.2) is 36.5 Å². The molecule has 0 fully saturated rings. The Hall–Kier alpha value is -2.34. The van der Waals surface area contributed by atoms with E-state index in [0.29, 0.717) is 12.3 Å². The van der Waals surface area contributed by atoms with Gasteiger partial charge >= 0.3 is 0 Å². The molecule has 0 atom stereocenters. The van der Waals surface area contributed by atoms with Crippen molar-refractivity contribution >= 4 is 0 Å². The fourth-order valence-electron chi connectivity index (χ4n) is 2.03. The van der Waals surface area contributed by atoms with E-state index in [4.69, 9.17) is 10.00 Å². The van der Waals surface area contributed by atoms with Crippen molar-refractivity contribution < 1.29 is 4.74 Å². The number of fused-ring (bicyclic) bond motifs is 2. The van der Waals surface area contributed by atoms with Crippen LogP contribution in [0, 0.1) is 11.3 Å². The summed E-state index contributed by atoms with van der Waals surface area (Å²) in [5.74, 6) is 1.53. The Morgan fingerprint density at radius 1 is 1.29 bits per heavy atom. The lowest BCUT2D eigenvalue weighted by atomic mass is 9.99. The summed E-state index contributed by atoms with van der Waals surface area (Å²) in [6, 6.07) is 12.0. The van der Waals surface area contributed by atoms with Gasteiger partial charge in [0.05, 0.1) is 12.5 Å². The summed E-state index contributed by atoms with van der Waals surface area (Å²) >= 11 is 0.